The Kier molecular flexibility index (Phi) is 2.79. The lowest BCUT2D eigenvalue weighted by molar-refractivity contribution is 0.0594. The third kappa shape index (κ3) is 1.93. The maximum Gasteiger partial charge on any atom is 0.0997 e. The summed E-state index contributed by atoms with van der Waals surface area (Å²) in [5, 5.41) is 11.7. The van der Waals surface area contributed by atoms with E-state index in [4.69, 9.17) is 9.94 Å². The summed E-state index contributed by atoms with van der Waals surface area (Å²) in [5.74, 6) is 0. The molecule has 1 aromatic rings. The number of nitrogens with zero attached hydrogens (tertiary/aromatic N) is 1. The van der Waals surface area contributed by atoms with E-state index in [1.165, 1.54) is 0 Å². The highest BCUT2D eigenvalue weighted by Gasteiger charge is 2.27. The first-order valence-corrected chi connectivity index (χ1v) is 4.76. The molecule has 0 aromatic heterocycles. The zero-order valence-corrected chi connectivity index (χ0v) is 7.89. The van der Waals surface area contributed by atoms with Crippen LogP contribution in [0.2, 0.25) is 0 Å². The summed E-state index contributed by atoms with van der Waals surface area (Å²) in [6.07, 6.45) is 1.85. The summed E-state index contributed by atoms with van der Waals surface area (Å²) >= 11 is 0. The zero-order chi connectivity index (χ0) is 9.80. The summed E-state index contributed by atoms with van der Waals surface area (Å²) in [6, 6.07) is 10.00. The van der Waals surface area contributed by atoms with Crippen LogP contribution in [-0.4, -0.2) is 17.0 Å². The van der Waals surface area contributed by atoms with Gasteiger partial charge in [0.05, 0.1) is 18.4 Å². The molecule has 0 bridgehead atoms. The van der Waals surface area contributed by atoms with Crippen LogP contribution in [0.25, 0.3) is 0 Å². The number of ether oxygens (including phenoxy) is 1. The van der Waals surface area contributed by atoms with Crippen molar-refractivity contribution < 1.29 is 9.94 Å². The molecule has 0 spiro atoms. The van der Waals surface area contributed by atoms with Gasteiger partial charge in [-0.2, -0.15) is 0 Å². The van der Waals surface area contributed by atoms with Crippen molar-refractivity contribution in [2.24, 2.45) is 5.16 Å². The van der Waals surface area contributed by atoms with Crippen molar-refractivity contribution in [1.82, 2.24) is 0 Å². The van der Waals surface area contributed by atoms with E-state index in [-0.39, 0.29) is 6.10 Å². The molecule has 1 unspecified atom stereocenters. The van der Waals surface area contributed by atoms with E-state index in [1.54, 1.807) is 0 Å². The fourth-order valence-corrected chi connectivity index (χ4v) is 1.46. The third-order valence-corrected chi connectivity index (χ3v) is 2.46. The maximum absolute atomic E-state index is 8.56. The first kappa shape index (κ1) is 9.21. The Morgan fingerprint density at radius 2 is 2.14 bits per heavy atom. The minimum atomic E-state index is 0.0280. The monoisotopic (exact) mass is 191 g/mol. The predicted molar refractivity (Wildman–Crippen MR) is 53.5 cm³/mol. The number of oxime groups is 1. The van der Waals surface area contributed by atoms with Crippen molar-refractivity contribution in [3.63, 3.8) is 0 Å². The van der Waals surface area contributed by atoms with Crippen LogP contribution in [-0.2, 0) is 11.3 Å². The van der Waals surface area contributed by atoms with Crippen LogP contribution in [0.15, 0.2) is 35.5 Å². The zero-order valence-electron chi connectivity index (χ0n) is 7.89. The van der Waals surface area contributed by atoms with Crippen LogP contribution in [0.1, 0.15) is 18.4 Å². The second-order valence-electron chi connectivity index (χ2n) is 3.42. The van der Waals surface area contributed by atoms with Crippen LogP contribution >= 0.6 is 0 Å². The first-order valence-electron chi connectivity index (χ1n) is 4.76. The molecular formula is C11H13NO2. The van der Waals surface area contributed by atoms with Crippen LogP contribution < -0.4 is 0 Å². The van der Waals surface area contributed by atoms with E-state index in [2.05, 4.69) is 5.16 Å². The highest BCUT2D eigenvalue weighted by molar-refractivity contribution is 5.93. The van der Waals surface area contributed by atoms with Gasteiger partial charge in [-0.3, -0.25) is 0 Å². The topological polar surface area (TPSA) is 41.8 Å². The first-order chi connectivity index (χ1) is 6.90. The van der Waals surface area contributed by atoms with Crippen molar-refractivity contribution in [1.29, 1.82) is 0 Å². The minimum Gasteiger partial charge on any atom is -0.411 e. The van der Waals surface area contributed by atoms with Gasteiger partial charge >= 0.3 is 0 Å². The van der Waals surface area contributed by atoms with Crippen molar-refractivity contribution in [3.8, 4) is 0 Å². The molecular weight excluding hydrogens is 178 g/mol. The van der Waals surface area contributed by atoms with Gasteiger partial charge in [0.2, 0.25) is 0 Å². The minimum absolute atomic E-state index is 0.0280. The molecule has 1 aliphatic rings. The Morgan fingerprint density at radius 1 is 1.36 bits per heavy atom. The lowest BCUT2D eigenvalue weighted by Gasteiger charge is -2.26. The molecule has 1 aromatic carbocycles. The van der Waals surface area contributed by atoms with Gasteiger partial charge < -0.3 is 9.94 Å². The van der Waals surface area contributed by atoms with Crippen LogP contribution in [0, 0.1) is 0 Å². The average molecular weight is 191 g/mol. The van der Waals surface area contributed by atoms with Crippen molar-refractivity contribution in [2.75, 3.05) is 0 Å². The molecule has 1 fully saturated rings. The molecule has 1 aliphatic carbocycles. The molecule has 0 aliphatic heterocycles. The van der Waals surface area contributed by atoms with Gasteiger partial charge in [0.15, 0.2) is 0 Å². The van der Waals surface area contributed by atoms with E-state index >= 15 is 0 Å². The van der Waals surface area contributed by atoms with Crippen molar-refractivity contribution in [2.45, 2.75) is 25.6 Å². The molecule has 14 heavy (non-hydrogen) atoms. The van der Waals surface area contributed by atoms with Gasteiger partial charge in [0, 0.05) is 0 Å². The second-order valence-corrected chi connectivity index (χ2v) is 3.42. The molecule has 0 radical (unpaired) electrons. The van der Waals surface area contributed by atoms with E-state index in [0.717, 1.165) is 24.1 Å². The van der Waals surface area contributed by atoms with Gasteiger partial charge in [0.25, 0.3) is 0 Å². The van der Waals surface area contributed by atoms with E-state index in [1.807, 2.05) is 30.3 Å². The molecule has 0 heterocycles. The number of benzene rings is 1. The van der Waals surface area contributed by atoms with Gasteiger partial charge in [-0.1, -0.05) is 35.5 Å². The van der Waals surface area contributed by atoms with E-state index in [9.17, 15) is 0 Å². The van der Waals surface area contributed by atoms with Crippen LogP contribution in [0.5, 0.6) is 0 Å². The lowest BCUT2D eigenvalue weighted by atomic mass is 9.93. The third-order valence-electron chi connectivity index (χ3n) is 2.46. The fraction of sp³-hybridized carbons (Fsp3) is 0.364. The molecule has 2 rings (SSSR count). The highest BCUT2D eigenvalue weighted by atomic mass is 16.5. The summed E-state index contributed by atoms with van der Waals surface area (Å²) in [6.45, 7) is 0.588. The standard InChI is InChI=1S/C11H13NO2/c13-12-10-6-7-11(10)14-8-9-4-2-1-3-5-9/h1-5,11,13H,6-8H2/b12-10-. The van der Waals surface area contributed by atoms with Gasteiger partial charge in [-0.25, -0.2) is 0 Å². The predicted octanol–water partition coefficient (Wildman–Crippen LogP) is 2.20. The van der Waals surface area contributed by atoms with Crippen LogP contribution in [0.4, 0.5) is 0 Å². The SMILES string of the molecule is O/N=C1/CCC1OCc1ccccc1. The summed E-state index contributed by atoms with van der Waals surface area (Å²) in [4.78, 5) is 0. The maximum atomic E-state index is 8.56. The van der Waals surface area contributed by atoms with E-state index < -0.39 is 0 Å². The quantitative estimate of drug-likeness (QED) is 0.587. The van der Waals surface area contributed by atoms with Gasteiger partial charge in [-0.05, 0) is 18.4 Å². The van der Waals surface area contributed by atoms with E-state index in [0.29, 0.717) is 6.61 Å². The number of hydrogen-bond acceptors (Lipinski definition) is 3. The van der Waals surface area contributed by atoms with Gasteiger partial charge in [0.1, 0.15) is 0 Å². The second kappa shape index (κ2) is 4.24. The Morgan fingerprint density at radius 3 is 2.71 bits per heavy atom. The molecule has 3 nitrogen and oxygen atoms in total. The van der Waals surface area contributed by atoms with Crippen molar-refractivity contribution >= 4 is 5.71 Å². The van der Waals surface area contributed by atoms with Crippen LogP contribution in [0.3, 0.4) is 0 Å². The Labute approximate surface area is 83.0 Å². The summed E-state index contributed by atoms with van der Waals surface area (Å²) in [5.41, 5.74) is 1.91. The summed E-state index contributed by atoms with van der Waals surface area (Å²) in [7, 11) is 0. The Balaban J connectivity index is 1.84. The Hall–Kier alpha value is -1.35. The molecule has 1 saturated carbocycles. The number of rotatable bonds is 3. The average Bonchev–Trinajstić information content (AvgIpc) is 2.19. The molecule has 3 heteroatoms. The Bertz CT molecular complexity index is 321. The smallest absolute Gasteiger partial charge is 0.0997 e. The largest absolute Gasteiger partial charge is 0.411 e. The molecule has 1 N–H and O–H groups in total. The summed E-state index contributed by atoms with van der Waals surface area (Å²) < 4.78 is 5.58. The fourth-order valence-electron chi connectivity index (χ4n) is 1.46. The number of hydrogen-bond donors (Lipinski definition) is 1. The lowest BCUT2D eigenvalue weighted by Crippen LogP contribution is -2.34. The molecule has 0 saturated heterocycles. The normalized spacial score (nSPS) is 23.4. The molecule has 0 amide bonds. The highest BCUT2D eigenvalue weighted by Crippen LogP contribution is 2.20. The molecule has 74 valence electrons. The van der Waals surface area contributed by atoms with Crippen molar-refractivity contribution in [3.05, 3.63) is 35.9 Å². The van der Waals surface area contributed by atoms with Gasteiger partial charge in [-0.15, -0.1) is 0 Å². The molecule has 1 atom stereocenters.